The Morgan fingerprint density at radius 2 is 1.90 bits per heavy atom. The molecule has 110 valence electrons. The van der Waals surface area contributed by atoms with Gasteiger partial charge in [0.15, 0.2) is 9.03 Å². The van der Waals surface area contributed by atoms with Crippen LogP contribution in [0.5, 0.6) is 5.75 Å². The highest BCUT2D eigenvalue weighted by Crippen LogP contribution is 2.38. The third-order valence-corrected chi connectivity index (χ3v) is 4.11. The minimum absolute atomic E-state index is 0.0774. The van der Waals surface area contributed by atoms with Crippen LogP contribution < -0.4 is 4.74 Å². The van der Waals surface area contributed by atoms with Crippen molar-refractivity contribution < 1.29 is 13.8 Å². The molecule has 0 radical (unpaired) electrons. The number of hydrogen-bond donors (Lipinski definition) is 0. The van der Waals surface area contributed by atoms with Crippen LogP contribution in [0.2, 0.25) is 0 Å². The zero-order valence-electron chi connectivity index (χ0n) is 12.3. The number of fused-ring (bicyclic) bond motifs is 3. The van der Waals surface area contributed by atoms with Gasteiger partial charge in [-0.2, -0.15) is 0 Å². The molecule has 21 heavy (non-hydrogen) atoms. The third kappa shape index (κ3) is 3.11. The molecular weight excluding hydrogens is 283 g/mol. The fourth-order valence-electron chi connectivity index (χ4n) is 2.57. The van der Waals surface area contributed by atoms with E-state index in [1.807, 2.05) is 0 Å². The van der Waals surface area contributed by atoms with Gasteiger partial charge in [-0.3, -0.25) is 0 Å². The number of hydrogen-bond acceptors (Lipinski definition) is 3. The van der Waals surface area contributed by atoms with Crippen LogP contribution >= 0.6 is 9.03 Å². The molecule has 3 rings (SSSR count). The molecule has 1 heterocycles. The number of rotatable bonds is 5. The fourth-order valence-corrected chi connectivity index (χ4v) is 2.92. The van der Waals surface area contributed by atoms with Crippen LogP contribution in [0, 0.1) is 0 Å². The molecule has 0 aromatic heterocycles. The predicted octanol–water partition coefficient (Wildman–Crippen LogP) is 4.48. The summed E-state index contributed by atoms with van der Waals surface area (Å²) in [7, 11) is 1.71. The lowest BCUT2D eigenvalue weighted by Gasteiger charge is -2.22. The molecule has 0 fully saturated rings. The average molecular weight is 302 g/mol. The summed E-state index contributed by atoms with van der Waals surface area (Å²) in [5, 5.41) is 0. The highest BCUT2D eigenvalue weighted by molar-refractivity contribution is 7.26. The van der Waals surface area contributed by atoms with Gasteiger partial charge in [-0.15, -0.1) is 0 Å². The smallest absolute Gasteiger partial charge is 0.155 e. The van der Waals surface area contributed by atoms with Gasteiger partial charge in [-0.1, -0.05) is 37.3 Å². The molecule has 2 aromatic rings. The largest absolute Gasteiger partial charge is 0.488 e. The van der Waals surface area contributed by atoms with Gasteiger partial charge in [0.25, 0.3) is 0 Å². The van der Waals surface area contributed by atoms with Gasteiger partial charge in [0.05, 0.1) is 6.61 Å². The topological polar surface area (TPSA) is 27.7 Å². The number of benzene rings is 2. The lowest BCUT2D eigenvalue weighted by Crippen LogP contribution is -2.06. The first kappa shape index (κ1) is 14.5. The van der Waals surface area contributed by atoms with Crippen molar-refractivity contribution in [2.75, 3.05) is 7.11 Å². The Morgan fingerprint density at radius 3 is 2.71 bits per heavy atom. The molecule has 0 spiro atoms. The van der Waals surface area contributed by atoms with E-state index in [1.54, 1.807) is 7.11 Å². The summed E-state index contributed by atoms with van der Waals surface area (Å²) in [6.45, 7) is 3.36. The summed E-state index contributed by atoms with van der Waals surface area (Å²) in [5.74, 6) is 0.939. The summed E-state index contributed by atoms with van der Waals surface area (Å²) in [6, 6.07) is 12.9. The Hall–Kier alpha value is -1.41. The fraction of sp³-hybridized carbons (Fsp3) is 0.294. The lowest BCUT2D eigenvalue weighted by molar-refractivity contribution is 0.287. The highest BCUT2D eigenvalue weighted by Gasteiger charge is 2.17. The van der Waals surface area contributed by atoms with E-state index >= 15 is 0 Å². The molecule has 2 aromatic carbocycles. The van der Waals surface area contributed by atoms with Crippen molar-refractivity contribution in [1.82, 2.24) is 0 Å². The van der Waals surface area contributed by atoms with Gasteiger partial charge < -0.3 is 13.8 Å². The monoisotopic (exact) mass is 302 g/mol. The first-order valence-electron chi connectivity index (χ1n) is 7.09. The molecule has 1 aliphatic rings. The maximum Gasteiger partial charge on any atom is 0.155 e. The molecule has 0 saturated heterocycles. The first-order chi connectivity index (χ1) is 10.3. The van der Waals surface area contributed by atoms with E-state index < -0.39 is 0 Å². The second-order valence-electron chi connectivity index (χ2n) is 5.04. The molecule has 4 heteroatoms. The normalized spacial score (nSPS) is 13.0. The highest BCUT2D eigenvalue weighted by atomic mass is 31.1. The van der Waals surface area contributed by atoms with Crippen LogP contribution in [0.4, 0.5) is 0 Å². The van der Waals surface area contributed by atoms with Crippen molar-refractivity contribution in [2.24, 2.45) is 0 Å². The van der Waals surface area contributed by atoms with E-state index in [1.165, 1.54) is 16.7 Å². The molecule has 3 nitrogen and oxygen atoms in total. The van der Waals surface area contributed by atoms with Crippen LogP contribution in [-0.2, 0) is 28.7 Å². The van der Waals surface area contributed by atoms with Crippen LogP contribution in [0.3, 0.4) is 0 Å². The predicted molar refractivity (Wildman–Crippen MR) is 85.7 cm³/mol. The second kappa shape index (κ2) is 6.57. The standard InChI is InChI=1S/C17H19O3P/c1-3-12-4-6-15-14(8-12)11-19-17-9-13(5-7-16(15)17)10-20-21-18-2/h4-9,21H,3,10-11H2,1-2H3. The maximum atomic E-state index is 5.91. The van der Waals surface area contributed by atoms with Gasteiger partial charge in [0, 0.05) is 12.7 Å². The third-order valence-electron chi connectivity index (χ3n) is 3.68. The van der Waals surface area contributed by atoms with Gasteiger partial charge in [0.2, 0.25) is 0 Å². The minimum atomic E-state index is 0.0774. The minimum Gasteiger partial charge on any atom is -0.488 e. The number of aryl methyl sites for hydroxylation is 1. The maximum absolute atomic E-state index is 5.91. The van der Waals surface area contributed by atoms with E-state index in [2.05, 4.69) is 43.3 Å². The molecule has 0 aliphatic carbocycles. The van der Waals surface area contributed by atoms with Crippen molar-refractivity contribution in [1.29, 1.82) is 0 Å². The number of ether oxygens (including phenoxy) is 1. The quantitative estimate of drug-likeness (QED) is 0.602. The SMILES string of the molecule is CCc1ccc2c(c1)COc1cc(COPOC)ccc1-2. The molecule has 0 saturated carbocycles. The summed E-state index contributed by atoms with van der Waals surface area (Å²) >= 11 is 0. The van der Waals surface area contributed by atoms with Crippen LogP contribution in [0.1, 0.15) is 23.6 Å². The van der Waals surface area contributed by atoms with Crippen molar-refractivity contribution in [3.8, 4) is 16.9 Å². The van der Waals surface area contributed by atoms with Crippen LogP contribution in [0.15, 0.2) is 36.4 Å². The summed E-state index contributed by atoms with van der Waals surface area (Å²) < 4.78 is 16.2. The van der Waals surface area contributed by atoms with E-state index in [9.17, 15) is 0 Å². The molecule has 1 unspecified atom stereocenters. The van der Waals surface area contributed by atoms with E-state index in [0.29, 0.717) is 13.2 Å². The van der Waals surface area contributed by atoms with Gasteiger partial charge in [-0.25, -0.2) is 0 Å². The first-order valence-corrected chi connectivity index (χ1v) is 7.91. The Balaban J connectivity index is 1.87. The van der Waals surface area contributed by atoms with Crippen molar-refractivity contribution in [2.45, 2.75) is 26.6 Å². The lowest BCUT2D eigenvalue weighted by atomic mass is 9.94. The Labute approximate surface area is 127 Å². The molecule has 0 bridgehead atoms. The van der Waals surface area contributed by atoms with Gasteiger partial charge >= 0.3 is 0 Å². The summed E-state index contributed by atoms with van der Waals surface area (Å²) in [4.78, 5) is 0. The van der Waals surface area contributed by atoms with Gasteiger partial charge in [0.1, 0.15) is 12.4 Å². The van der Waals surface area contributed by atoms with E-state index in [-0.39, 0.29) is 9.03 Å². The van der Waals surface area contributed by atoms with E-state index in [4.69, 9.17) is 13.8 Å². The van der Waals surface area contributed by atoms with Crippen molar-refractivity contribution in [3.63, 3.8) is 0 Å². The second-order valence-corrected chi connectivity index (χ2v) is 5.90. The Bertz CT molecular complexity index is 640. The molecular formula is C17H19O3P. The summed E-state index contributed by atoms with van der Waals surface area (Å²) in [5.41, 5.74) is 6.17. The van der Waals surface area contributed by atoms with Crippen molar-refractivity contribution in [3.05, 3.63) is 53.1 Å². The molecule has 1 aliphatic heterocycles. The van der Waals surface area contributed by atoms with E-state index in [0.717, 1.165) is 23.3 Å². The zero-order valence-corrected chi connectivity index (χ0v) is 13.3. The molecule has 0 N–H and O–H groups in total. The van der Waals surface area contributed by atoms with Crippen LogP contribution in [-0.4, -0.2) is 7.11 Å². The molecule has 1 atom stereocenters. The van der Waals surface area contributed by atoms with Crippen molar-refractivity contribution >= 4 is 9.03 Å². The Morgan fingerprint density at radius 1 is 1.10 bits per heavy atom. The summed E-state index contributed by atoms with van der Waals surface area (Å²) in [6.07, 6.45) is 1.05. The van der Waals surface area contributed by atoms with Crippen LogP contribution in [0.25, 0.3) is 11.1 Å². The molecule has 0 amide bonds. The Kier molecular flexibility index (Phi) is 4.54. The van der Waals surface area contributed by atoms with Gasteiger partial charge in [-0.05, 0) is 34.7 Å². The zero-order chi connectivity index (χ0) is 14.7. The average Bonchev–Trinajstić information content (AvgIpc) is 2.54.